The van der Waals surface area contributed by atoms with E-state index >= 15 is 0 Å². The van der Waals surface area contributed by atoms with E-state index in [2.05, 4.69) is 9.97 Å². The molecular formula is C13H14ClN3O. The number of nitrogen functional groups attached to an aromatic ring is 1. The fraction of sp³-hybridized carbons (Fsp3) is 0.231. The Labute approximate surface area is 111 Å². The molecule has 0 aliphatic carbocycles. The number of hydrogen-bond donors (Lipinski definition) is 1. The third kappa shape index (κ3) is 2.54. The first-order valence-corrected chi connectivity index (χ1v) is 6.02. The van der Waals surface area contributed by atoms with E-state index < -0.39 is 0 Å². The van der Waals surface area contributed by atoms with Gasteiger partial charge in [0, 0.05) is 5.02 Å². The highest BCUT2D eigenvalue weighted by Crippen LogP contribution is 2.32. The van der Waals surface area contributed by atoms with E-state index in [1.807, 2.05) is 38.1 Å². The van der Waals surface area contributed by atoms with Crippen molar-refractivity contribution in [1.82, 2.24) is 9.97 Å². The molecule has 0 saturated heterocycles. The molecular weight excluding hydrogens is 250 g/mol. The summed E-state index contributed by atoms with van der Waals surface area (Å²) in [4.78, 5) is 8.30. The molecule has 5 heteroatoms. The lowest BCUT2D eigenvalue weighted by Crippen LogP contribution is -2.04. The van der Waals surface area contributed by atoms with Crippen molar-refractivity contribution in [2.75, 3.05) is 12.3 Å². The minimum atomic E-state index is 0.216. The molecule has 4 nitrogen and oxygen atoms in total. The average Bonchev–Trinajstić information content (AvgIpc) is 2.31. The summed E-state index contributed by atoms with van der Waals surface area (Å²) in [6, 6.07) is 7.46. The van der Waals surface area contributed by atoms with Gasteiger partial charge in [0.15, 0.2) is 0 Å². The SMILES string of the molecule is CCOc1nc(N)nc(C)c1-c1ccc(Cl)cc1. The van der Waals surface area contributed by atoms with Crippen LogP contribution in [0, 0.1) is 6.92 Å². The molecule has 2 rings (SSSR count). The van der Waals surface area contributed by atoms with Crippen molar-refractivity contribution >= 4 is 17.5 Å². The molecule has 0 bridgehead atoms. The van der Waals surface area contributed by atoms with Gasteiger partial charge in [-0.2, -0.15) is 4.98 Å². The van der Waals surface area contributed by atoms with Gasteiger partial charge in [0.05, 0.1) is 17.9 Å². The maximum atomic E-state index is 5.88. The Morgan fingerprint density at radius 1 is 1.22 bits per heavy atom. The monoisotopic (exact) mass is 263 g/mol. The number of aryl methyl sites for hydroxylation is 1. The standard InChI is InChI=1S/C13H14ClN3O/c1-3-18-12-11(8(2)16-13(15)17-12)9-4-6-10(14)7-5-9/h4-7H,3H2,1-2H3,(H2,15,16,17). The number of halogens is 1. The van der Waals surface area contributed by atoms with E-state index in [1.165, 1.54) is 0 Å². The fourth-order valence-corrected chi connectivity index (χ4v) is 1.88. The summed E-state index contributed by atoms with van der Waals surface area (Å²) in [7, 11) is 0. The molecule has 0 spiro atoms. The highest BCUT2D eigenvalue weighted by Gasteiger charge is 2.13. The lowest BCUT2D eigenvalue weighted by molar-refractivity contribution is 0.328. The molecule has 18 heavy (non-hydrogen) atoms. The number of aromatic nitrogens is 2. The van der Waals surface area contributed by atoms with E-state index in [-0.39, 0.29) is 5.95 Å². The Morgan fingerprint density at radius 2 is 1.89 bits per heavy atom. The summed E-state index contributed by atoms with van der Waals surface area (Å²) in [6.07, 6.45) is 0. The molecule has 1 heterocycles. The van der Waals surface area contributed by atoms with Crippen molar-refractivity contribution in [3.05, 3.63) is 35.0 Å². The summed E-state index contributed by atoms with van der Waals surface area (Å²) < 4.78 is 5.52. The van der Waals surface area contributed by atoms with Gasteiger partial charge in [0.25, 0.3) is 0 Å². The van der Waals surface area contributed by atoms with Crippen molar-refractivity contribution in [2.45, 2.75) is 13.8 Å². The first-order valence-electron chi connectivity index (χ1n) is 5.64. The summed E-state index contributed by atoms with van der Waals surface area (Å²) in [5.41, 5.74) is 8.23. The first-order chi connectivity index (χ1) is 8.61. The highest BCUT2D eigenvalue weighted by molar-refractivity contribution is 6.30. The number of nitrogens with two attached hydrogens (primary N) is 1. The fourth-order valence-electron chi connectivity index (χ4n) is 1.76. The zero-order valence-corrected chi connectivity index (χ0v) is 11.0. The van der Waals surface area contributed by atoms with Crippen molar-refractivity contribution in [1.29, 1.82) is 0 Å². The van der Waals surface area contributed by atoms with Crippen LogP contribution in [0.15, 0.2) is 24.3 Å². The topological polar surface area (TPSA) is 61.0 Å². The molecule has 94 valence electrons. The van der Waals surface area contributed by atoms with Crippen molar-refractivity contribution in [2.24, 2.45) is 0 Å². The zero-order valence-electron chi connectivity index (χ0n) is 10.3. The number of benzene rings is 1. The van der Waals surface area contributed by atoms with E-state index in [0.717, 1.165) is 16.8 Å². The van der Waals surface area contributed by atoms with Gasteiger partial charge in [-0.15, -0.1) is 0 Å². The number of rotatable bonds is 3. The molecule has 0 aliphatic heterocycles. The van der Waals surface area contributed by atoms with Gasteiger partial charge < -0.3 is 10.5 Å². The molecule has 2 N–H and O–H groups in total. The molecule has 0 radical (unpaired) electrons. The van der Waals surface area contributed by atoms with Crippen molar-refractivity contribution < 1.29 is 4.74 Å². The molecule has 0 fully saturated rings. The molecule has 0 atom stereocenters. The second kappa shape index (κ2) is 5.23. The maximum absolute atomic E-state index is 5.88. The second-order valence-corrected chi connectivity index (χ2v) is 4.22. The first kappa shape index (κ1) is 12.6. The van der Waals surface area contributed by atoms with Gasteiger partial charge >= 0.3 is 0 Å². The lowest BCUT2D eigenvalue weighted by Gasteiger charge is -2.12. The Bertz CT molecular complexity index is 555. The Balaban J connectivity index is 2.57. The maximum Gasteiger partial charge on any atom is 0.226 e. The highest BCUT2D eigenvalue weighted by atomic mass is 35.5. The average molecular weight is 264 g/mol. The van der Waals surface area contributed by atoms with E-state index in [9.17, 15) is 0 Å². The molecule has 0 saturated carbocycles. The summed E-state index contributed by atoms with van der Waals surface area (Å²) in [5, 5.41) is 0.686. The van der Waals surface area contributed by atoms with Gasteiger partial charge in [-0.3, -0.25) is 0 Å². The second-order valence-electron chi connectivity index (χ2n) is 3.79. The smallest absolute Gasteiger partial charge is 0.226 e. The van der Waals surface area contributed by atoms with Crippen LogP contribution >= 0.6 is 11.6 Å². The normalized spacial score (nSPS) is 10.4. The van der Waals surface area contributed by atoms with Gasteiger partial charge in [0.1, 0.15) is 0 Å². The van der Waals surface area contributed by atoms with Gasteiger partial charge in [0.2, 0.25) is 11.8 Å². The van der Waals surface area contributed by atoms with Crippen LogP contribution in [0.4, 0.5) is 5.95 Å². The lowest BCUT2D eigenvalue weighted by atomic mass is 10.1. The van der Waals surface area contributed by atoms with Crippen LogP contribution in [0.1, 0.15) is 12.6 Å². The summed E-state index contributed by atoms with van der Waals surface area (Å²) >= 11 is 5.88. The van der Waals surface area contributed by atoms with Crippen LogP contribution in [-0.4, -0.2) is 16.6 Å². The Hall–Kier alpha value is -1.81. The molecule has 2 aromatic rings. The van der Waals surface area contributed by atoms with E-state index in [0.29, 0.717) is 17.5 Å². The largest absolute Gasteiger partial charge is 0.477 e. The van der Waals surface area contributed by atoms with E-state index in [1.54, 1.807) is 0 Å². The predicted molar refractivity (Wildman–Crippen MR) is 72.8 cm³/mol. The third-order valence-corrected chi connectivity index (χ3v) is 2.74. The number of nitrogens with zero attached hydrogens (tertiary/aromatic N) is 2. The zero-order chi connectivity index (χ0) is 13.1. The Morgan fingerprint density at radius 3 is 2.50 bits per heavy atom. The van der Waals surface area contributed by atoms with Crippen LogP contribution in [0.5, 0.6) is 5.88 Å². The van der Waals surface area contributed by atoms with Crippen molar-refractivity contribution in [3.63, 3.8) is 0 Å². The molecule has 0 aliphatic rings. The van der Waals surface area contributed by atoms with Crippen LogP contribution in [0.2, 0.25) is 5.02 Å². The molecule has 0 amide bonds. The number of anilines is 1. The molecule has 0 unspecified atom stereocenters. The van der Waals surface area contributed by atoms with E-state index in [4.69, 9.17) is 22.1 Å². The van der Waals surface area contributed by atoms with Crippen LogP contribution in [0.3, 0.4) is 0 Å². The van der Waals surface area contributed by atoms with Crippen molar-refractivity contribution in [3.8, 4) is 17.0 Å². The predicted octanol–water partition coefficient (Wildman–Crippen LogP) is 3.09. The third-order valence-electron chi connectivity index (χ3n) is 2.49. The number of ether oxygens (including phenoxy) is 1. The van der Waals surface area contributed by atoms with Crippen LogP contribution in [-0.2, 0) is 0 Å². The molecule has 1 aromatic heterocycles. The Kier molecular flexibility index (Phi) is 3.67. The quantitative estimate of drug-likeness (QED) is 0.924. The summed E-state index contributed by atoms with van der Waals surface area (Å²) in [6.45, 7) is 4.31. The van der Waals surface area contributed by atoms with Crippen LogP contribution < -0.4 is 10.5 Å². The minimum absolute atomic E-state index is 0.216. The summed E-state index contributed by atoms with van der Waals surface area (Å²) in [5.74, 6) is 0.721. The number of hydrogen-bond acceptors (Lipinski definition) is 4. The van der Waals surface area contributed by atoms with Gasteiger partial charge in [-0.1, -0.05) is 23.7 Å². The van der Waals surface area contributed by atoms with Crippen LogP contribution in [0.25, 0.3) is 11.1 Å². The van der Waals surface area contributed by atoms with Gasteiger partial charge in [-0.05, 0) is 31.5 Å². The minimum Gasteiger partial charge on any atom is -0.477 e. The molecule has 1 aromatic carbocycles. The van der Waals surface area contributed by atoms with Gasteiger partial charge in [-0.25, -0.2) is 4.98 Å².